The summed E-state index contributed by atoms with van der Waals surface area (Å²) < 4.78 is 45.7. The topological polar surface area (TPSA) is 56.9 Å². The molecule has 0 saturated carbocycles. The summed E-state index contributed by atoms with van der Waals surface area (Å²) in [5.41, 5.74) is -2.67. The summed E-state index contributed by atoms with van der Waals surface area (Å²) in [5, 5.41) is 0.665. The quantitative estimate of drug-likeness (QED) is 0.518. The van der Waals surface area contributed by atoms with Crippen molar-refractivity contribution < 1.29 is 13.2 Å². The second-order valence-electron chi connectivity index (χ2n) is 5.22. The summed E-state index contributed by atoms with van der Waals surface area (Å²) >= 11 is 7.68. The minimum Gasteiger partial charge on any atom is -0.292 e. The van der Waals surface area contributed by atoms with Crippen molar-refractivity contribution >= 4 is 59.6 Å². The van der Waals surface area contributed by atoms with Gasteiger partial charge in [0.05, 0.1) is 19.5 Å². The van der Waals surface area contributed by atoms with Crippen LogP contribution in [0.15, 0.2) is 37.2 Å². The number of alkyl halides is 3. The van der Waals surface area contributed by atoms with E-state index in [1.54, 1.807) is 18.2 Å². The third kappa shape index (κ3) is 3.42. The van der Waals surface area contributed by atoms with Gasteiger partial charge in [0.1, 0.15) is 5.69 Å². The molecule has 136 valence electrons. The second-order valence-corrected chi connectivity index (χ2v) is 8.80. The van der Waals surface area contributed by atoms with Crippen LogP contribution >= 0.6 is 43.4 Å². The summed E-state index contributed by atoms with van der Waals surface area (Å²) in [7, 11) is 0.974. The summed E-state index contributed by atoms with van der Waals surface area (Å²) in [4.78, 5) is 24.6. The molecule has 26 heavy (non-hydrogen) atoms. The van der Waals surface area contributed by atoms with Gasteiger partial charge in [-0.25, -0.2) is 9.36 Å². The first-order chi connectivity index (χ1) is 12.1. The summed E-state index contributed by atoms with van der Waals surface area (Å²) in [6.45, 7) is 0. The Kier molecular flexibility index (Phi) is 4.97. The standard InChI is InChI=1S/C15H8Br2F3N3O2S/c1-22-11(15(18,19)20)6-13(24)23(14(22)25)7-2-3-10-8(4-7)9(21-26-10)5-12(16)17/h2-6H,1H3. The Morgan fingerprint density at radius 3 is 2.54 bits per heavy atom. The van der Waals surface area contributed by atoms with Gasteiger partial charge in [0.15, 0.2) is 0 Å². The van der Waals surface area contributed by atoms with Crippen LogP contribution in [0, 0.1) is 0 Å². The molecule has 2 aromatic heterocycles. The maximum atomic E-state index is 13.0. The lowest BCUT2D eigenvalue weighted by Crippen LogP contribution is -2.40. The third-order valence-electron chi connectivity index (χ3n) is 3.60. The lowest BCUT2D eigenvalue weighted by Gasteiger charge is -2.13. The van der Waals surface area contributed by atoms with Crippen LogP contribution in [0.5, 0.6) is 0 Å². The van der Waals surface area contributed by atoms with Crippen LogP contribution in [0.2, 0.25) is 0 Å². The van der Waals surface area contributed by atoms with E-state index >= 15 is 0 Å². The van der Waals surface area contributed by atoms with Gasteiger partial charge in [-0.1, -0.05) is 0 Å². The van der Waals surface area contributed by atoms with E-state index in [-0.39, 0.29) is 5.69 Å². The van der Waals surface area contributed by atoms with Crippen LogP contribution in [0.25, 0.3) is 21.8 Å². The molecule has 0 aliphatic rings. The zero-order chi connectivity index (χ0) is 19.2. The normalized spacial score (nSPS) is 11.8. The highest BCUT2D eigenvalue weighted by atomic mass is 79.9. The van der Waals surface area contributed by atoms with E-state index in [0.717, 1.165) is 11.7 Å². The van der Waals surface area contributed by atoms with Gasteiger partial charge < -0.3 is 0 Å². The zero-order valence-electron chi connectivity index (χ0n) is 12.8. The first kappa shape index (κ1) is 19.1. The summed E-state index contributed by atoms with van der Waals surface area (Å²) in [6, 6.07) is 5.11. The van der Waals surface area contributed by atoms with Gasteiger partial charge in [-0.15, -0.1) is 0 Å². The van der Waals surface area contributed by atoms with Crippen molar-refractivity contribution in [3.63, 3.8) is 0 Å². The number of nitrogens with zero attached hydrogens (tertiary/aromatic N) is 3. The van der Waals surface area contributed by atoms with Crippen molar-refractivity contribution in [1.82, 2.24) is 13.5 Å². The maximum absolute atomic E-state index is 13.0. The molecule has 11 heteroatoms. The fourth-order valence-electron chi connectivity index (χ4n) is 2.43. The molecule has 0 N–H and O–H groups in total. The SMILES string of the molecule is Cn1c(C(F)(F)F)cc(=O)n(-c2ccc3snc(C=C(Br)Br)c3c2)c1=O. The fraction of sp³-hybridized carbons (Fsp3) is 0.133. The van der Waals surface area contributed by atoms with E-state index < -0.39 is 23.1 Å². The monoisotopic (exact) mass is 509 g/mol. The molecule has 0 spiro atoms. The van der Waals surface area contributed by atoms with E-state index in [4.69, 9.17) is 0 Å². The van der Waals surface area contributed by atoms with Crippen LogP contribution in [0.4, 0.5) is 13.2 Å². The molecule has 0 aliphatic heterocycles. The number of aromatic nitrogens is 3. The highest BCUT2D eigenvalue weighted by molar-refractivity contribution is 9.28. The second kappa shape index (κ2) is 6.78. The zero-order valence-corrected chi connectivity index (χ0v) is 16.8. The van der Waals surface area contributed by atoms with Gasteiger partial charge in [0, 0.05) is 18.5 Å². The van der Waals surface area contributed by atoms with Crippen LogP contribution in [-0.4, -0.2) is 13.5 Å². The van der Waals surface area contributed by atoms with Crippen LogP contribution in [0.3, 0.4) is 0 Å². The number of hydrogen-bond donors (Lipinski definition) is 0. The van der Waals surface area contributed by atoms with Crippen LogP contribution in [0.1, 0.15) is 11.4 Å². The van der Waals surface area contributed by atoms with Crippen molar-refractivity contribution in [3.05, 3.63) is 59.9 Å². The number of halogens is 5. The Morgan fingerprint density at radius 1 is 1.23 bits per heavy atom. The number of fused-ring (bicyclic) bond motifs is 1. The van der Waals surface area contributed by atoms with Gasteiger partial charge >= 0.3 is 11.9 Å². The van der Waals surface area contributed by atoms with Crippen LogP contribution in [-0.2, 0) is 13.2 Å². The van der Waals surface area contributed by atoms with Gasteiger partial charge in [-0.05, 0) is 67.7 Å². The largest absolute Gasteiger partial charge is 0.431 e. The van der Waals surface area contributed by atoms with Crippen molar-refractivity contribution in [2.45, 2.75) is 6.18 Å². The van der Waals surface area contributed by atoms with Crippen molar-refractivity contribution in [2.24, 2.45) is 7.05 Å². The Morgan fingerprint density at radius 2 is 1.92 bits per heavy atom. The Labute approximate surface area is 164 Å². The molecule has 3 aromatic rings. The molecule has 0 fully saturated rings. The van der Waals surface area contributed by atoms with E-state index in [1.165, 1.54) is 17.6 Å². The first-order valence-electron chi connectivity index (χ1n) is 6.92. The van der Waals surface area contributed by atoms with Gasteiger partial charge in [-0.3, -0.25) is 9.36 Å². The molecule has 0 radical (unpaired) electrons. The molecule has 0 atom stereocenters. The molecular weight excluding hydrogens is 503 g/mol. The Balaban J connectivity index is 2.28. The lowest BCUT2D eigenvalue weighted by molar-refractivity contribution is -0.144. The predicted octanol–water partition coefficient (Wildman–Crippen LogP) is 4.25. The molecule has 0 unspecified atom stereocenters. The molecule has 0 saturated heterocycles. The van der Waals surface area contributed by atoms with Gasteiger partial charge in [0.25, 0.3) is 5.56 Å². The van der Waals surface area contributed by atoms with E-state index in [1.807, 2.05) is 0 Å². The predicted molar refractivity (Wildman–Crippen MR) is 101 cm³/mol. The molecule has 5 nitrogen and oxygen atoms in total. The number of benzene rings is 1. The van der Waals surface area contributed by atoms with Gasteiger partial charge in [0.2, 0.25) is 0 Å². The smallest absolute Gasteiger partial charge is 0.292 e. The highest BCUT2D eigenvalue weighted by Crippen LogP contribution is 2.29. The number of hydrogen-bond acceptors (Lipinski definition) is 4. The van der Waals surface area contributed by atoms with E-state index in [0.29, 0.717) is 29.7 Å². The molecule has 0 aliphatic carbocycles. The van der Waals surface area contributed by atoms with Gasteiger partial charge in [-0.2, -0.15) is 17.5 Å². The molecule has 2 heterocycles. The van der Waals surface area contributed by atoms with Crippen molar-refractivity contribution in [3.8, 4) is 5.69 Å². The molecule has 0 amide bonds. The maximum Gasteiger partial charge on any atom is 0.431 e. The first-order valence-corrected chi connectivity index (χ1v) is 9.28. The average Bonchev–Trinajstić information content (AvgIpc) is 2.92. The molecule has 3 rings (SSSR count). The summed E-state index contributed by atoms with van der Waals surface area (Å²) in [5.74, 6) is 0. The van der Waals surface area contributed by atoms with Crippen LogP contribution < -0.4 is 11.2 Å². The van der Waals surface area contributed by atoms with Crippen molar-refractivity contribution in [1.29, 1.82) is 0 Å². The van der Waals surface area contributed by atoms with E-state index in [2.05, 4.69) is 36.2 Å². The number of rotatable bonds is 2. The molecule has 0 bridgehead atoms. The minimum absolute atomic E-state index is 0.164. The van der Waals surface area contributed by atoms with E-state index in [9.17, 15) is 22.8 Å². The summed E-state index contributed by atoms with van der Waals surface area (Å²) in [6.07, 6.45) is -3.11. The Bertz CT molecular complexity index is 1160. The molecule has 1 aromatic carbocycles. The Hall–Kier alpha value is -1.72. The average molecular weight is 511 g/mol. The fourth-order valence-corrected chi connectivity index (χ4v) is 3.60. The minimum atomic E-state index is -4.80. The molecular formula is C15H8Br2F3N3O2S. The highest BCUT2D eigenvalue weighted by Gasteiger charge is 2.35. The lowest BCUT2D eigenvalue weighted by atomic mass is 10.2. The van der Waals surface area contributed by atoms with Crippen molar-refractivity contribution in [2.75, 3.05) is 0 Å². The third-order valence-corrected chi connectivity index (χ3v) is 4.89.